The fourth-order valence-electron chi connectivity index (χ4n) is 1.67. The number of hydrogen-bond acceptors (Lipinski definition) is 6. The average Bonchev–Trinajstić information content (AvgIpc) is 2.47. The number of benzene rings is 2. The van der Waals surface area contributed by atoms with E-state index in [2.05, 4.69) is 10.5 Å². The summed E-state index contributed by atoms with van der Waals surface area (Å²) in [4.78, 5) is 11.8. The molecule has 0 atom stereocenters. The molecule has 0 aliphatic rings. The number of nitrogens with one attached hydrogen (secondary N) is 1. The van der Waals surface area contributed by atoms with Gasteiger partial charge in [0.1, 0.15) is 5.75 Å². The highest BCUT2D eigenvalue weighted by Gasteiger charge is 2.16. The van der Waals surface area contributed by atoms with E-state index in [9.17, 15) is 25.2 Å². The Kier molecular flexibility index (Phi) is 4.83. The number of hydrogen-bond donors (Lipinski definition) is 5. The fraction of sp³-hybridized carbons (Fsp3) is 0. The van der Waals surface area contributed by atoms with Crippen LogP contribution in [0.15, 0.2) is 29.4 Å². The van der Waals surface area contributed by atoms with Gasteiger partial charge in [-0.2, -0.15) is 5.10 Å². The molecule has 23 heavy (non-hydrogen) atoms. The molecule has 0 saturated carbocycles. The minimum absolute atomic E-state index is 0.123. The number of aromatic hydroxyl groups is 4. The van der Waals surface area contributed by atoms with Crippen LogP contribution < -0.4 is 5.43 Å². The first kappa shape index (κ1) is 16.7. The summed E-state index contributed by atoms with van der Waals surface area (Å²) in [7, 11) is 0. The van der Waals surface area contributed by atoms with E-state index >= 15 is 0 Å². The van der Waals surface area contributed by atoms with Crippen molar-refractivity contribution in [2.75, 3.05) is 0 Å². The molecular formula is C14H10Cl2N2O5. The Hall–Kier alpha value is -2.64. The Morgan fingerprint density at radius 1 is 1.04 bits per heavy atom. The van der Waals surface area contributed by atoms with E-state index in [1.165, 1.54) is 12.1 Å². The Balaban J connectivity index is 2.18. The third-order valence-electron chi connectivity index (χ3n) is 2.81. The van der Waals surface area contributed by atoms with Crippen LogP contribution in [0.3, 0.4) is 0 Å². The van der Waals surface area contributed by atoms with Gasteiger partial charge < -0.3 is 20.4 Å². The van der Waals surface area contributed by atoms with E-state index in [-0.39, 0.29) is 26.9 Å². The first-order valence-electron chi connectivity index (χ1n) is 6.06. The van der Waals surface area contributed by atoms with Gasteiger partial charge in [-0.25, -0.2) is 5.43 Å². The molecular weight excluding hydrogens is 347 g/mol. The van der Waals surface area contributed by atoms with E-state index in [4.69, 9.17) is 23.2 Å². The highest BCUT2D eigenvalue weighted by atomic mass is 35.5. The predicted octanol–water partition coefficient (Wildman–Crippen LogP) is 2.58. The van der Waals surface area contributed by atoms with E-state index in [0.29, 0.717) is 0 Å². The minimum atomic E-state index is -0.848. The molecule has 0 bridgehead atoms. The van der Waals surface area contributed by atoms with Crippen LogP contribution in [0.2, 0.25) is 10.0 Å². The number of rotatable bonds is 3. The second-order valence-electron chi connectivity index (χ2n) is 4.35. The number of carbonyl (C=O) groups is 1. The lowest BCUT2D eigenvalue weighted by atomic mass is 10.1. The van der Waals surface area contributed by atoms with Gasteiger partial charge in [-0.1, -0.05) is 23.2 Å². The molecule has 7 nitrogen and oxygen atoms in total. The quantitative estimate of drug-likeness (QED) is 0.328. The summed E-state index contributed by atoms with van der Waals surface area (Å²) in [6.45, 7) is 0. The van der Waals surface area contributed by atoms with Crippen LogP contribution in [0, 0.1) is 0 Å². The molecule has 2 aromatic rings. The zero-order chi connectivity index (χ0) is 17.1. The van der Waals surface area contributed by atoms with Crippen LogP contribution in [0.25, 0.3) is 0 Å². The number of amides is 1. The number of carbonyl (C=O) groups excluding carboxylic acids is 1. The molecule has 0 aromatic heterocycles. The van der Waals surface area contributed by atoms with Crippen LogP contribution in [-0.4, -0.2) is 32.5 Å². The van der Waals surface area contributed by atoms with Gasteiger partial charge in [-0.15, -0.1) is 0 Å². The lowest BCUT2D eigenvalue weighted by Crippen LogP contribution is -2.17. The predicted molar refractivity (Wildman–Crippen MR) is 84.6 cm³/mol. The maximum atomic E-state index is 11.8. The van der Waals surface area contributed by atoms with Crippen molar-refractivity contribution in [1.82, 2.24) is 5.43 Å². The smallest absolute Gasteiger partial charge is 0.275 e. The second-order valence-corrected chi connectivity index (χ2v) is 5.19. The standard InChI is InChI=1S/C14H10Cl2N2O5/c15-6-3-9(16)8(11(20)4-6)5-17-18-14(23)7-1-2-10(19)13(22)12(7)21/h1-5,19-22H,(H,18,23)/b17-5+. The van der Waals surface area contributed by atoms with Crippen LogP contribution in [0.1, 0.15) is 15.9 Å². The molecule has 0 saturated heterocycles. The first-order chi connectivity index (χ1) is 10.8. The van der Waals surface area contributed by atoms with Crippen LogP contribution >= 0.6 is 23.2 Å². The zero-order valence-electron chi connectivity index (χ0n) is 11.3. The summed E-state index contributed by atoms with van der Waals surface area (Å²) in [5.41, 5.74) is 1.91. The third kappa shape index (κ3) is 3.58. The minimum Gasteiger partial charge on any atom is -0.507 e. The van der Waals surface area contributed by atoms with Crippen molar-refractivity contribution in [2.45, 2.75) is 0 Å². The molecule has 5 N–H and O–H groups in total. The molecule has 0 spiro atoms. The SMILES string of the molecule is O=C(N/N=C/c1c(O)cc(Cl)cc1Cl)c1ccc(O)c(O)c1O. The Labute approximate surface area is 140 Å². The van der Waals surface area contributed by atoms with Crippen molar-refractivity contribution < 1.29 is 25.2 Å². The van der Waals surface area contributed by atoms with Crippen LogP contribution in [0.4, 0.5) is 0 Å². The van der Waals surface area contributed by atoms with E-state index in [0.717, 1.165) is 18.3 Å². The number of halogens is 2. The molecule has 2 aromatic carbocycles. The summed E-state index contributed by atoms with van der Waals surface area (Å²) >= 11 is 11.6. The average molecular weight is 357 g/mol. The van der Waals surface area contributed by atoms with E-state index in [1.807, 2.05) is 0 Å². The van der Waals surface area contributed by atoms with Gasteiger partial charge in [-0.05, 0) is 24.3 Å². The summed E-state index contributed by atoms with van der Waals surface area (Å²) in [6, 6.07) is 4.77. The van der Waals surface area contributed by atoms with Gasteiger partial charge in [-0.3, -0.25) is 4.79 Å². The van der Waals surface area contributed by atoms with Crippen molar-refractivity contribution in [1.29, 1.82) is 0 Å². The topological polar surface area (TPSA) is 122 Å². The fourth-order valence-corrected chi connectivity index (χ4v) is 2.20. The Morgan fingerprint density at radius 2 is 1.74 bits per heavy atom. The number of hydrazone groups is 1. The number of phenolic OH excluding ortho intramolecular Hbond substituents is 4. The highest BCUT2D eigenvalue weighted by molar-refractivity contribution is 6.36. The molecule has 9 heteroatoms. The van der Waals surface area contributed by atoms with Gasteiger partial charge in [0.2, 0.25) is 5.75 Å². The summed E-state index contributed by atoms with van der Waals surface area (Å²) in [6.07, 6.45) is 1.09. The lowest BCUT2D eigenvalue weighted by molar-refractivity contribution is 0.0951. The monoisotopic (exact) mass is 356 g/mol. The van der Waals surface area contributed by atoms with Crippen molar-refractivity contribution in [3.05, 3.63) is 45.4 Å². The molecule has 0 unspecified atom stereocenters. The van der Waals surface area contributed by atoms with Gasteiger partial charge in [0.15, 0.2) is 11.5 Å². The molecule has 0 aliphatic heterocycles. The summed E-state index contributed by atoms with van der Waals surface area (Å²) in [5, 5.41) is 41.8. The molecule has 0 heterocycles. The van der Waals surface area contributed by atoms with Gasteiger partial charge >= 0.3 is 0 Å². The Morgan fingerprint density at radius 3 is 2.39 bits per heavy atom. The van der Waals surface area contributed by atoms with Gasteiger partial charge in [0.05, 0.1) is 22.4 Å². The largest absolute Gasteiger partial charge is 0.507 e. The molecule has 2 rings (SSSR count). The zero-order valence-corrected chi connectivity index (χ0v) is 12.8. The normalized spacial score (nSPS) is 10.9. The summed E-state index contributed by atoms with van der Waals surface area (Å²) < 4.78 is 0. The van der Waals surface area contributed by atoms with Crippen molar-refractivity contribution >= 4 is 35.3 Å². The molecule has 0 radical (unpaired) electrons. The second kappa shape index (κ2) is 6.64. The van der Waals surface area contributed by atoms with E-state index < -0.39 is 23.2 Å². The maximum absolute atomic E-state index is 11.8. The Bertz CT molecular complexity index is 785. The van der Waals surface area contributed by atoms with Gasteiger partial charge in [0, 0.05) is 5.02 Å². The van der Waals surface area contributed by atoms with Crippen molar-refractivity contribution in [3.8, 4) is 23.0 Å². The molecule has 0 aliphatic carbocycles. The molecule has 1 amide bonds. The highest BCUT2D eigenvalue weighted by Crippen LogP contribution is 2.36. The van der Waals surface area contributed by atoms with Crippen molar-refractivity contribution in [3.63, 3.8) is 0 Å². The molecule has 0 fully saturated rings. The van der Waals surface area contributed by atoms with Crippen molar-refractivity contribution in [2.24, 2.45) is 5.10 Å². The van der Waals surface area contributed by atoms with Crippen LogP contribution in [-0.2, 0) is 0 Å². The number of nitrogens with zero attached hydrogens (tertiary/aromatic N) is 1. The third-order valence-corrected chi connectivity index (χ3v) is 3.34. The number of phenols is 4. The van der Waals surface area contributed by atoms with Crippen LogP contribution in [0.5, 0.6) is 23.0 Å². The lowest BCUT2D eigenvalue weighted by Gasteiger charge is -2.06. The first-order valence-corrected chi connectivity index (χ1v) is 6.82. The molecule has 120 valence electrons. The maximum Gasteiger partial charge on any atom is 0.275 e. The summed E-state index contributed by atoms with van der Waals surface area (Å²) in [5.74, 6) is -3.25. The van der Waals surface area contributed by atoms with E-state index in [1.54, 1.807) is 0 Å². The van der Waals surface area contributed by atoms with Gasteiger partial charge in [0.25, 0.3) is 5.91 Å².